The molecule has 20 heavy (non-hydrogen) atoms. The maximum absolute atomic E-state index is 11.8. The molecule has 0 heterocycles. The average molecular weight is 340 g/mol. The third-order valence-corrected chi connectivity index (χ3v) is 3.74. The highest BCUT2D eigenvalue weighted by molar-refractivity contribution is 9.09. The van der Waals surface area contributed by atoms with Crippen LogP contribution >= 0.6 is 15.9 Å². The number of rotatable bonds is 4. The quantitative estimate of drug-likeness (QED) is 0.615. The van der Waals surface area contributed by atoms with Gasteiger partial charge in [0.1, 0.15) is 0 Å². The number of Topliss-reactive ketones (excluding diaryl/α,β-unsaturated/α-hetero) is 1. The van der Waals surface area contributed by atoms with Crippen LogP contribution in [0.15, 0.2) is 18.2 Å². The fraction of sp³-hybridized carbons (Fsp3) is 0.500. The van der Waals surface area contributed by atoms with E-state index < -0.39 is 0 Å². The van der Waals surface area contributed by atoms with E-state index in [1.165, 1.54) is 0 Å². The van der Waals surface area contributed by atoms with Gasteiger partial charge in [-0.05, 0) is 36.1 Å². The molecule has 0 radical (unpaired) electrons. The molecule has 0 aliphatic carbocycles. The molecule has 0 atom stereocenters. The topological polar surface area (TPSA) is 37.4 Å². The maximum Gasteiger partial charge on any atom is 0.223 e. The number of alkyl halides is 1. The fourth-order valence-corrected chi connectivity index (χ4v) is 2.51. The van der Waals surface area contributed by atoms with Crippen LogP contribution in [0.5, 0.6) is 0 Å². The van der Waals surface area contributed by atoms with Crippen molar-refractivity contribution >= 4 is 33.3 Å². The van der Waals surface area contributed by atoms with Gasteiger partial charge >= 0.3 is 0 Å². The Morgan fingerprint density at radius 1 is 1.25 bits per heavy atom. The van der Waals surface area contributed by atoms with Gasteiger partial charge in [0.15, 0.2) is 5.78 Å². The summed E-state index contributed by atoms with van der Waals surface area (Å²) >= 11 is 3.20. The Kier molecular flexibility index (Phi) is 5.51. The predicted octanol–water partition coefficient (Wildman–Crippen LogP) is 3.93. The Hall–Kier alpha value is -1.16. The van der Waals surface area contributed by atoms with E-state index in [1.807, 2.05) is 19.1 Å². The number of anilines is 1. The zero-order valence-corrected chi connectivity index (χ0v) is 14.4. The lowest BCUT2D eigenvalue weighted by molar-refractivity contribution is -0.116. The minimum Gasteiger partial charge on any atom is -0.313 e. The molecule has 1 aromatic rings. The molecule has 0 aromatic heterocycles. The highest BCUT2D eigenvalue weighted by Gasteiger charge is 2.23. The summed E-state index contributed by atoms with van der Waals surface area (Å²) in [5.41, 5.74) is 2.44. The van der Waals surface area contributed by atoms with Gasteiger partial charge in [0.25, 0.3) is 0 Å². The second kappa shape index (κ2) is 6.53. The van der Waals surface area contributed by atoms with Crippen LogP contribution in [-0.4, -0.2) is 23.6 Å². The monoisotopic (exact) mass is 339 g/mol. The standard InChI is InChI=1S/C16H22BrNO2/c1-6-18(11(2)19)14-8-7-12(15(20)10-17)9-13(14)16(3,4)5/h7-9H,6,10H2,1-5H3. The van der Waals surface area contributed by atoms with Crippen LogP contribution in [0.1, 0.15) is 50.5 Å². The third kappa shape index (κ3) is 3.69. The molecule has 0 unspecified atom stereocenters. The summed E-state index contributed by atoms with van der Waals surface area (Å²) < 4.78 is 0. The van der Waals surface area contributed by atoms with E-state index in [-0.39, 0.29) is 17.1 Å². The summed E-state index contributed by atoms with van der Waals surface area (Å²) in [6.45, 7) is 10.4. The van der Waals surface area contributed by atoms with Gasteiger partial charge in [-0.15, -0.1) is 0 Å². The van der Waals surface area contributed by atoms with Crippen molar-refractivity contribution in [2.45, 2.75) is 40.0 Å². The van der Waals surface area contributed by atoms with Gasteiger partial charge in [0.05, 0.1) is 5.33 Å². The summed E-state index contributed by atoms with van der Waals surface area (Å²) in [7, 11) is 0. The molecule has 4 heteroatoms. The lowest BCUT2D eigenvalue weighted by Gasteiger charge is -2.29. The first kappa shape index (κ1) is 16.9. The first-order chi connectivity index (χ1) is 9.22. The van der Waals surface area contributed by atoms with E-state index in [4.69, 9.17) is 0 Å². The van der Waals surface area contributed by atoms with Crippen LogP contribution in [0.2, 0.25) is 0 Å². The van der Waals surface area contributed by atoms with Crippen molar-refractivity contribution < 1.29 is 9.59 Å². The molecule has 1 amide bonds. The molecule has 1 aromatic carbocycles. The normalized spacial score (nSPS) is 11.3. The number of halogens is 1. The summed E-state index contributed by atoms with van der Waals surface area (Å²) in [5, 5.41) is 0.306. The summed E-state index contributed by atoms with van der Waals surface area (Å²) in [6, 6.07) is 5.58. The molecule has 0 spiro atoms. The first-order valence-corrected chi connectivity index (χ1v) is 7.86. The van der Waals surface area contributed by atoms with E-state index in [1.54, 1.807) is 17.9 Å². The first-order valence-electron chi connectivity index (χ1n) is 6.74. The third-order valence-electron chi connectivity index (χ3n) is 3.24. The SMILES string of the molecule is CCN(C(C)=O)c1ccc(C(=O)CBr)cc1C(C)(C)C. The number of benzene rings is 1. The van der Waals surface area contributed by atoms with Gasteiger partial charge in [-0.1, -0.05) is 36.7 Å². The Balaban J connectivity index is 3.45. The van der Waals surface area contributed by atoms with Crippen LogP contribution in [-0.2, 0) is 10.2 Å². The highest BCUT2D eigenvalue weighted by Crippen LogP contribution is 2.33. The smallest absolute Gasteiger partial charge is 0.223 e. The molecule has 0 saturated heterocycles. The van der Waals surface area contributed by atoms with E-state index >= 15 is 0 Å². The molecular weight excluding hydrogens is 318 g/mol. The molecular formula is C16H22BrNO2. The van der Waals surface area contributed by atoms with Crippen LogP contribution in [0.3, 0.4) is 0 Å². The molecule has 0 aliphatic heterocycles. The predicted molar refractivity (Wildman–Crippen MR) is 87.0 cm³/mol. The second-order valence-electron chi connectivity index (χ2n) is 5.80. The largest absolute Gasteiger partial charge is 0.313 e. The van der Waals surface area contributed by atoms with Crippen molar-refractivity contribution in [3.8, 4) is 0 Å². The Morgan fingerprint density at radius 3 is 2.25 bits per heavy atom. The number of nitrogens with zero attached hydrogens (tertiary/aromatic N) is 1. The fourth-order valence-electron chi connectivity index (χ4n) is 2.19. The summed E-state index contributed by atoms with van der Waals surface area (Å²) in [5.74, 6) is 0.0606. The molecule has 0 bridgehead atoms. The molecule has 1 rings (SSSR count). The van der Waals surface area contributed by atoms with Crippen molar-refractivity contribution in [2.24, 2.45) is 0 Å². The van der Waals surface area contributed by atoms with Crippen LogP contribution in [0.25, 0.3) is 0 Å². The molecule has 110 valence electrons. The maximum atomic E-state index is 11.8. The molecule has 0 saturated carbocycles. The lowest BCUT2D eigenvalue weighted by atomic mass is 9.84. The number of hydrogen-bond acceptors (Lipinski definition) is 2. The van der Waals surface area contributed by atoms with Gasteiger partial charge in [0.2, 0.25) is 5.91 Å². The van der Waals surface area contributed by atoms with Crippen LogP contribution in [0.4, 0.5) is 5.69 Å². The summed E-state index contributed by atoms with van der Waals surface area (Å²) in [6.07, 6.45) is 0. The zero-order chi connectivity index (χ0) is 15.5. The van der Waals surface area contributed by atoms with Gasteiger partial charge < -0.3 is 4.90 Å². The van der Waals surface area contributed by atoms with E-state index in [0.717, 1.165) is 11.3 Å². The minimum absolute atomic E-state index is 0.0116. The van der Waals surface area contributed by atoms with Crippen molar-refractivity contribution in [1.29, 1.82) is 0 Å². The zero-order valence-electron chi connectivity index (χ0n) is 12.8. The Bertz CT molecular complexity index is 518. The Labute approximate surface area is 129 Å². The molecule has 0 fully saturated rings. The lowest BCUT2D eigenvalue weighted by Crippen LogP contribution is -2.31. The number of carbonyl (C=O) groups excluding carboxylic acids is 2. The highest BCUT2D eigenvalue weighted by atomic mass is 79.9. The number of carbonyl (C=O) groups is 2. The number of ketones is 1. The molecule has 3 nitrogen and oxygen atoms in total. The molecule has 0 N–H and O–H groups in total. The Morgan fingerprint density at radius 2 is 1.85 bits per heavy atom. The van der Waals surface area contributed by atoms with Crippen LogP contribution in [0, 0.1) is 0 Å². The average Bonchev–Trinajstić information content (AvgIpc) is 2.37. The van der Waals surface area contributed by atoms with Crippen LogP contribution < -0.4 is 4.90 Å². The van der Waals surface area contributed by atoms with Crippen molar-refractivity contribution in [3.63, 3.8) is 0 Å². The van der Waals surface area contributed by atoms with Crippen molar-refractivity contribution in [3.05, 3.63) is 29.3 Å². The minimum atomic E-state index is -0.138. The van der Waals surface area contributed by atoms with Crippen molar-refractivity contribution in [2.75, 3.05) is 16.8 Å². The second-order valence-corrected chi connectivity index (χ2v) is 6.36. The van der Waals surface area contributed by atoms with Crippen molar-refractivity contribution in [1.82, 2.24) is 0 Å². The van der Waals surface area contributed by atoms with Gasteiger partial charge in [0, 0.05) is 24.7 Å². The van der Waals surface area contributed by atoms with Gasteiger partial charge in [-0.3, -0.25) is 9.59 Å². The van der Waals surface area contributed by atoms with Gasteiger partial charge in [-0.25, -0.2) is 0 Å². The van der Waals surface area contributed by atoms with E-state index in [2.05, 4.69) is 36.7 Å². The van der Waals surface area contributed by atoms with E-state index in [0.29, 0.717) is 17.4 Å². The van der Waals surface area contributed by atoms with Gasteiger partial charge in [-0.2, -0.15) is 0 Å². The summed E-state index contributed by atoms with van der Waals surface area (Å²) in [4.78, 5) is 25.4. The number of hydrogen-bond donors (Lipinski definition) is 0. The molecule has 0 aliphatic rings. The van der Waals surface area contributed by atoms with E-state index in [9.17, 15) is 9.59 Å². The number of amides is 1.